The maximum Gasteiger partial charge on any atom is 0.101 e. The number of hydrogen-bond acceptors (Lipinski definition) is 2. The summed E-state index contributed by atoms with van der Waals surface area (Å²) in [6, 6.07) is 7.05. The lowest BCUT2D eigenvalue weighted by molar-refractivity contribution is 0.833. The van der Waals surface area contributed by atoms with E-state index in [0.717, 1.165) is 11.4 Å². The molecule has 1 aliphatic heterocycles. The number of rotatable bonds is 2. The van der Waals surface area contributed by atoms with Crippen LogP contribution >= 0.6 is 0 Å². The lowest BCUT2D eigenvalue weighted by Crippen LogP contribution is -1.96. The van der Waals surface area contributed by atoms with Gasteiger partial charge in [0.05, 0.1) is 11.4 Å². The van der Waals surface area contributed by atoms with Crippen LogP contribution in [-0.4, -0.2) is 6.01 Å². The minimum atomic E-state index is 0.496. The van der Waals surface area contributed by atoms with Gasteiger partial charge in [-0.25, -0.2) is 0 Å². The molecule has 1 aromatic rings. The Labute approximate surface area is 90.8 Å². The molecule has 1 heterocycles. The molecule has 0 aromatic heterocycles. The van der Waals surface area contributed by atoms with Crippen molar-refractivity contribution < 1.29 is 0 Å². The number of aliphatic imine (C=N–C) groups is 2. The molecule has 78 valence electrons. The van der Waals surface area contributed by atoms with E-state index in [9.17, 15) is 0 Å². The largest absolute Gasteiger partial charge is 0.187 e. The SMILES string of the molecule is CC(C)c1cc(C(C)C)c2cc1N=C=N2. The third kappa shape index (κ3) is 1.73. The molecule has 0 aliphatic carbocycles. The van der Waals surface area contributed by atoms with E-state index in [0.29, 0.717) is 11.8 Å². The molecule has 0 amide bonds. The van der Waals surface area contributed by atoms with Gasteiger partial charge in [0.2, 0.25) is 0 Å². The van der Waals surface area contributed by atoms with Crippen molar-refractivity contribution in [3.8, 4) is 0 Å². The third-order valence-corrected chi connectivity index (χ3v) is 2.76. The predicted octanol–water partition coefficient (Wildman–Crippen LogP) is 4.38. The summed E-state index contributed by atoms with van der Waals surface area (Å²) in [6.07, 6.45) is 0. The Kier molecular flexibility index (Phi) is 2.45. The number of nitrogens with zero attached hydrogens (tertiary/aromatic N) is 2. The molecule has 2 heteroatoms. The van der Waals surface area contributed by atoms with Gasteiger partial charge in [-0.1, -0.05) is 33.8 Å². The smallest absolute Gasteiger partial charge is 0.101 e. The zero-order valence-electron chi connectivity index (χ0n) is 9.70. The van der Waals surface area contributed by atoms with Gasteiger partial charge in [0, 0.05) is 0 Å². The first-order chi connectivity index (χ1) is 7.09. The third-order valence-electron chi connectivity index (χ3n) is 2.76. The Bertz CT molecular complexity index is 415. The van der Waals surface area contributed by atoms with Gasteiger partial charge in [-0.05, 0) is 29.0 Å². The maximum atomic E-state index is 4.19. The molecule has 2 nitrogen and oxygen atoms in total. The molecular weight excluding hydrogens is 184 g/mol. The van der Waals surface area contributed by atoms with Gasteiger partial charge in [-0.3, -0.25) is 0 Å². The molecule has 0 N–H and O–H groups in total. The van der Waals surface area contributed by atoms with E-state index in [1.54, 1.807) is 0 Å². The highest BCUT2D eigenvalue weighted by Gasteiger charge is 2.15. The summed E-state index contributed by atoms with van der Waals surface area (Å²) in [5.41, 5.74) is 4.65. The fourth-order valence-electron chi connectivity index (χ4n) is 1.86. The molecule has 1 aliphatic rings. The van der Waals surface area contributed by atoms with Gasteiger partial charge in [0.15, 0.2) is 0 Å². The molecule has 2 bridgehead atoms. The van der Waals surface area contributed by atoms with Crippen LogP contribution in [0, 0.1) is 0 Å². The molecule has 0 fully saturated rings. The van der Waals surface area contributed by atoms with Crippen molar-refractivity contribution in [3.05, 3.63) is 23.3 Å². The predicted molar refractivity (Wildman–Crippen MR) is 63.8 cm³/mol. The van der Waals surface area contributed by atoms with Crippen LogP contribution in [0.3, 0.4) is 0 Å². The van der Waals surface area contributed by atoms with E-state index in [-0.39, 0.29) is 0 Å². The topological polar surface area (TPSA) is 24.7 Å². The zero-order chi connectivity index (χ0) is 11.0. The van der Waals surface area contributed by atoms with Crippen LogP contribution in [0.25, 0.3) is 0 Å². The Hall–Kier alpha value is -1.40. The standard InChI is InChI=1S/C13H16N2/c1-8(2)10-5-11(9(3)4)13-6-12(10)14-7-15-13/h5-6,8-9H,1-4H3. The summed E-state index contributed by atoms with van der Waals surface area (Å²) in [4.78, 5) is 8.38. The quantitative estimate of drug-likeness (QED) is 0.687. The Morgan fingerprint density at radius 2 is 1.33 bits per heavy atom. The summed E-state index contributed by atoms with van der Waals surface area (Å²) in [5, 5.41) is 0. The van der Waals surface area contributed by atoms with Gasteiger partial charge in [-0.2, -0.15) is 9.98 Å². The normalized spacial score (nSPS) is 12.9. The van der Waals surface area contributed by atoms with Crippen molar-refractivity contribution in [2.24, 2.45) is 9.98 Å². The summed E-state index contributed by atoms with van der Waals surface area (Å²) in [6.45, 7) is 8.77. The minimum absolute atomic E-state index is 0.496. The van der Waals surface area contributed by atoms with Crippen molar-refractivity contribution in [2.75, 3.05) is 0 Å². The second-order valence-corrected chi connectivity index (χ2v) is 4.60. The first-order valence-electron chi connectivity index (χ1n) is 5.44. The number of benzene rings is 1. The van der Waals surface area contributed by atoms with E-state index < -0.39 is 0 Å². The highest BCUT2D eigenvalue weighted by Crippen LogP contribution is 2.38. The van der Waals surface area contributed by atoms with Crippen LogP contribution in [0.5, 0.6) is 0 Å². The fraction of sp³-hybridized carbons (Fsp3) is 0.462. The van der Waals surface area contributed by atoms with Crippen molar-refractivity contribution in [3.63, 3.8) is 0 Å². The van der Waals surface area contributed by atoms with Crippen LogP contribution in [0.1, 0.15) is 50.7 Å². The molecule has 0 radical (unpaired) electrons. The monoisotopic (exact) mass is 200 g/mol. The lowest BCUT2D eigenvalue weighted by Gasteiger charge is -2.16. The summed E-state index contributed by atoms with van der Waals surface area (Å²) < 4.78 is 0. The first kappa shape index (κ1) is 10.1. The minimum Gasteiger partial charge on any atom is -0.187 e. The molecule has 2 rings (SSSR count). The molecule has 0 saturated heterocycles. The Morgan fingerprint density at radius 3 is 1.73 bits per heavy atom. The van der Waals surface area contributed by atoms with Crippen LogP contribution < -0.4 is 0 Å². The van der Waals surface area contributed by atoms with Gasteiger partial charge in [-0.15, -0.1) is 0 Å². The highest BCUT2D eigenvalue weighted by atomic mass is 14.9. The summed E-state index contributed by atoms with van der Waals surface area (Å²) in [5.74, 6) is 0.991. The molecule has 15 heavy (non-hydrogen) atoms. The lowest BCUT2D eigenvalue weighted by atomic mass is 9.92. The first-order valence-corrected chi connectivity index (χ1v) is 5.44. The average Bonchev–Trinajstić information content (AvgIpc) is 2.17. The van der Waals surface area contributed by atoms with E-state index >= 15 is 0 Å². The van der Waals surface area contributed by atoms with Crippen LogP contribution in [0.15, 0.2) is 22.1 Å². The maximum absolute atomic E-state index is 4.19. The number of hydrogen-bond donors (Lipinski definition) is 0. The Balaban J connectivity index is 2.64. The van der Waals surface area contributed by atoms with E-state index in [1.165, 1.54) is 11.1 Å². The van der Waals surface area contributed by atoms with Crippen molar-refractivity contribution >= 4 is 17.4 Å². The summed E-state index contributed by atoms with van der Waals surface area (Å²) >= 11 is 0. The van der Waals surface area contributed by atoms with Crippen molar-refractivity contribution in [2.45, 2.75) is 39.5 Å². The molecule has 0 spiro atoms. The van der Waals surface area contributed by atoms with Gasteiger partial charge in [0.25, 0.3) is 0 Å². The van der Waals surface area contributed by atoms with Gasteiger partial charge < -0.3 is 0 Å². The summed E-state index contributed by atoms with van der Waals surface area (Å²) in [7, 11) is 0. The van der Waals surface area contributed by atoms with E-state index in [4.69, 9.17) is 0 Å². The molecular formula is C13H16N2. The van der Waals surface area contributed by atoms with Gasteiger partial charge >= 0.3 is 0 Å². The Morgan fingerprint density at radius 1 is 0.867 bits per heavy atom. The van der Waals surface area contributed by atoms with Crippen LogP contribution in [-0.2, 0) is 0 Å². The molecule has 0 unspecified atom stereocenters. The van der Waals surface area contributed by atoms with Crippen molar-refractivity contribution in [1.82, 2.24) is 0 Å². The second kappa shape index (κ2) is 3.63. The number of fused-ring (bicyclic) bond motifs is 2. The molecule has 1 aromatic carbocycles. The van der Waals surface area contributed by atoms with E-state index in [1.807, 2.05) is 0 Å². The highest BCUT2D eigenvalue weighted by molar-refractivity contribution is 5.72. The van der Waals surface area contributed by atoms with E-state index in [2.05, 4.69) is 55.8 Å². The second-order valence-electron chi connectivity index (χ2n) is 4.60. The fourth-order valence-corrected chi connectivity index (χ4v) is 1.86. The zero-order valence-corrected chi connectivity index (χ0v) is 9.70. The molecule has 0 saturated carbocycles. The molecule has 0 atom stereocenters. The van der Waals surface area contributed by atoms with Gasteiger partial charge in [0.1, 0.15) is 6.01 Å². The average molecular weight is 200 g/mol. The van der Waals surface area contributed by atoms with Crippen LogP contribution in [0.4, 0.5) is 11.4 Å². The van der Waals surface area contributed by atoms with Crippen LogP contribution in [0.2, 0.25) is 0 Å². The van der Waals surface area contributed by atoms with Crippen molar-refractivity contribution in [1.29, 1.82) is 0 Å².